The maximum absolute atomic E-state index is 12.3. The predicted molar refractivity (Wildman–Crippen MR) is 42.7 cm³/mol. The predicted octanol–water partition coefficient (Wildman–Crippen LogP) is 1.06. The van der Waals surface area contributed by atoms with Crippen LogP contribution in [0.3, 0.4) is 0 Å². The van der Waals surface area contributed by atoms with Gasteiger partial charge in [0.15, 0.2) is 0 Å². The van der Waals surface area contributed by atoms with E-state index < -0.39 is 12.0 Å². The second-order valence-electron chi connectivity index (χ2n) is 2.31. The molecule has 6 heteroatoms. The van der Waals surface area contributed by atoms with E-state index in [-0.39, 0.29) is 17.2 Å². The van der Waals surface area contributed by atoms with Crippen molar-refractivity contribution in [3.05, 3.63) is 17.2 Å². The molecule has 13 heavy (non-hydrogen) atoms. The van der Waals surface area contributed by atoms with E-state index in [0.717, 1.165) is 6.07 Å². The Labute approximate surface area is 72.8 Å². The maximum Gasteiger partial charge on any atom is 0.265 e. The highest BCUT2D eigenvalue weighted by molar-refractivity contribution is 5.57. The number of halogens is 2. The third-order valence-corrected chi connectivity index (χ3v) is 1.44. The number of nitriles is 1. The second kappa shape index (κ2) is 3.23. The Morgan fingerprint density at radius 3 is 2.54 bits per heavy atom. The summed E-state index contributed by atoms with van der Waals surface area (Å²) in [5.74, 6) is -0.385. The highest BCUT2D eigenvalue weighted by atomic mass is 19.3. The molecular weight excluding hydrogens is 178 g/mol. The zero-order chi connectivity index (χ0) is 10.0. The SMILES string of the molecule is N#Cc1c(C(F)F)cc(N)nc1N. The third kappa shape index (κ3) is 1.64. The van der Waals surface area contributed by atoms with Gasteiger partial charge in [0.25, 0.3) is 6.43 Å². The van der Waals surface area contributed by atoms with Crippen molar-refractivity contribution >= 4 is 11.6 Å². The van der Waals surface area contributed by atoms with Crippen molar-refractivity contribution in [2.45, 2.75) is 6.43 Å². The fourth-order valence-electron chi connectivity index (χ4n) is 0.901. The standard InChI is InChI=1S/C7H6F2N4/c8-6(9)3-1-5(11)13-7(12)4(3)2-10/h1,6H,(H4,11,12,13). The van der Waals surface area contributed by atoms with Gasteiger partial charge < -0.3 is 11.5 Å². The van der Waals surface area contributed by atoms with Gasteiger partial charge in [0, 0.05) is 5.56 Å². The lowest BCUT2D eigenvalue weighted by Crippen LogP contribution is -2.03. The Morgan fingerprint density at radius 1 is 1.46 bits per heavy atom. The normalized spacial score (nSPS) is 10.0. The van der Waals surface area contributed by atoms with E-state index in [0.29, 0.717) is 0 Å². The minimum atomic E-state index is -2.78. The van der Waals surface area contributed by atoms with Gasteiger partial charge in [-0.1, -0.05) is 0 Å². The van der Waals surface area contributed by atoms with Crippen molar-refractivity contribution in [1.82, 2.24) is 4.98 Å². The van der Waals surface area contributed by atoms with Crippen LogP contribution in [-0.2, 0) is 0 Å². The summed E-state index contributed by atoms with van der Waals surface area (Å²) in [4.78, 5) is 3.49. The second-order valence-corrected chi connectivity index (χ2v) is 2.31. The van der Waals surface area contributed by atoms with Crippen LogP contribution < -0.4 is 11.5 Å². The van der Waals surface area contributed by atoms with Crippen LogP contribution in [0.4, 0.5) is 20.4 Å². The van der Waals surface area contributed by atoms with Crippen LogP contribution in [-0.4, -0.2) is 4.98 Å². The average Bonchev–Trinajstić information content (AvgIpc) is 2.02. The smallest absolute Gasteiger partial charge is 0.265 e. The molecule has 0 atom stereocenters. The number of rotatable bonds is 1. The van der Waals surface area contributed by atoms with Crippen molar-refractivity contribution in [2.75, 3.05) is 11.5 Å². The molecule has 4 N–H and O–H groups in total. The number of nitrogens with two attached hydrogens (primary N) is 2. The summed E-state index contributed by atoms with van der Waals surface area (Å²) in [6, 6.07) is 2.49. The molecule has 0 aliphatic carbocycles. The van der Waals surface area contributed by atoms with Crippen LogP contribution in [0.5, 0.6) is 0 Å². The number of nitrogen functional groups attached to an aromatic ring is 2. The summed E-state index contributed by atoms with van der Waals surface area (Å²) in [5.41, 5.74) is 9.62. The maximum atomic E-state index is 12.3. The van der Waals surface area contributed by atoms with Crippen LogP contribution in [0.25, 0.3) is 0 Å². The molecule has 0 saturated carbocycles. The van der Waals surface area contributed by atoms with Crippen molar-refractivity contribution in [2.24, 2.45) is 0 Å². The number of anilines is 2. The van der Waals surface area contributed by atoms with Crippen LogP contribution in [0.2, 0.25) is 0 Å². The summed E-state index contributed by atoms with van der Waals surface area (Å²) in [6.07, 6.45) is -2.78. The molecule has 1 aromatic heterocycles. The first-order valence-electron chi connectivity index (χ1n) is 3.30. The number of pyridine rings is 1. The van der Waals surface area contributed by atoms with E-state index in [1.54, 1.807) is 6.07 Å². The fourth-order valence-corrected chi connectivity index (χ4v) is 0.901. The van der Waals surface area contributed by atoms with Gasteiger partial charge >= 0.3 is 0 Å². The number of nitrogens with zero attached hydrogens (tertiary/aromatic N) is 2. The molecule has 1 aromatic rings. The highest BCUT2D eigenvalue weighted by Crippen LogP contribution is 2.26. The van der Waals surface area contributed by atoms with Gasteiger partial charge in [0.1, 0.15) is 23.3 Å². The molecule has 0 spiro atoms. The first-order chi connectivity index (χ1) is 6.06. The first kappa shape index (κ1) is 9.19. The number of hydrogen-bond donors (Lipinski definition) is 2. The zero-order valence-corrected chi connectivity index (χ0v) is 6.46. The van der Waals surface area contributed by atoms with Crippen molar-refractivity contribution in [3.63, 3.8) is 0 Å². The van der Waals surface area contributed by atoms with E-state index >= 15 is 0 Å². The van der Waals surface area contributed by atoms with Crippen molar-refractivity contribution < 1.29 is 8.78 Å². The Bertz CT molecular complexity index is 369. The molecule has 0 aliphatic rings. The minimum absolute atomic E-state index is 0.119. The van der Waals surface area contributed by atoms with Crippen LogP contribution in [0.15, 0.2) is 6.07 Å². The lowest BCUT2D eigenvalue weighted by atomic mass is 10.1. The average molecular weight is 184 g/mol. The summed E-state index contributed by atoms with van der Waals surface area (Å²) >= 11 is 0. The number of alkyl halides is 2. The molecule has 0 saturated heterocycles. The van der Waals surface area contributed by atoms with Crippen LogP contribution in [0.1, 0.15) is 17.6 Å². The van der Waals surface area contributed by atoms with Gasteiger partial charge in [-0.2, -0.15) is 5.26 Å². The largest absolute Gasteiger partial charge is 0.384 e. The Hall–Kier alpha value is -1.90. The molecule has 0 unspecified atom stereocenters. The molecule has 1 rings (SSSR count). The summed E-state index contributed by atoms with van der Waals surface area (Å²) in [6.45, 7) is 0. The lowest BCUT2D eigenvalue weighted by molar-refractivity contribution is 0.151. The van der Waals surface area contributed by atoms with Crippen LogP contribution >= 0.6 is 0 Å². The van der Waals surface area contributed by atoms with E-state index in [9.17, 15) is 8.78 Å². The van der Waals surface area contributed by atoms with E-state index in [1.165, 1.54) is 0 Å². The monoisotopic (exact) mass is 184 g/mol. The molecule has 0 aliphatic heterocycles. The Morgan fingerprint density at radius 2 is 2.08 bits per heavy atom. The van der Waals surface area contributed by atoms with E-state index in [1.807, 2.05) is 0 Å². The quantitative estimate of drug-likeness (QED) is 0.682. The van der Waals surface area contributed by atoms with Crippen molar-refractivity contribution in [3.8, 4) is 6.07 Å². The summed E-state index contributed by atoms with van der Waals surface area (Å²) in [7, 11) is 0. The zero-order valence-electron chi connectivity index (χ0n) is 6.46. The molecule has 0 bridgehead atoms. The van der Waals surface area contributed by atoms with E-state index in [4.69, 9.17) is 16.7 Å². The Kier molecular flexibility index (Phi) is 2.28. The highest BCUT2D eigenvalue weighted by Gasteiger charge is 2.16. The molecular formula is C7H6F2N4. The lowest BCUT2D eigenvalue weighted by Gasteiger charge is -2.05. The third-order valence-electron chi connectivity index (χ3n) is 1.44. The molecule has 0 aromatic carbocycles. The van der Waals surface area contributed by atoms with Gasteiger partial charge in [0.2, 0.25) is 0 Å². The van der Waals surface area contributed by atoms with Gasteiger partial charge in [-0.05, 0) is 6.07 Å². The van der Waals surface area contributed by atoms with E-state index in [2.05, 4.69) is 4.98 Å². The molecule has 68 valence electrons. The molecule has 1 heterocycles. The Balaban J connectivity index is 3.41. The van der Waals surface area contributed by atoms with Gasteiger partial charge in [0.05, 0.1) is 0 Å². The van der Waals surface area contributed by atoms with Gasteiger partial charge in [-0.3, -0.25) is 0 Å². The van der Waals surface area contributed by atoms with Gasteiger partial charge in [-0.15, -0.1) is 0 Å². The molecule has 0 radical (unpaired) electrons. The summed E-state index contributed by atoms with van der Waals surface area (Å²) in [5, 5.41) is 8.49. The number of hydrogen-bond acceptors (Lipinski definition) is 4. The summed E-state index contributed by atoms with van der Waals surface area (Å²) < 4.78 is 24.6. The van der Waals surface area contributed by atoms with Crippen LogP contribution in [0, 0.1) is 11.3 Å². The van der Waals surface area contributed by atoms with Crippen molar-refractivity contribution in [1.29, 1.82) is 5.26 Å². The fraction of sp³-hybridized carbons (Fsp3) is 0.143. The topological polar surface area (TPSA) is 88.7 Å². The first-order valence-corrected chi connectivity index (χ1v) is 3.30. The molecule has 4 nitrogen and oxygen atoms in total. The molecule has 0 amide bonds. The number of aromatic nitrogens is 1. The molecule has 0 fully saturated rings. The van der Waals surface area contributed by atoms with Gasteiger partial charge in [-0.25, -0.2) is 13.8 Å². The minimum Gasteiger partial charge on any atom is -0.384 e.